The zero-order valence-electron chi connectivity index (χ0n) is 16.6. The summed E-state index contributed by atoms with van der Waals surface area (Å²) in [5.41, 5.74) is 1.06. The van der Waals surface area contributed by atoms with Crippen LogP contribution in [0.3, 0.4) is 0 Å². The molecule has 2 aromatic rings. The molecule has 10 heteroatoms. The highest BCUT2D eigenvalue weighted by molar-refractivity contribution is 14.0. The third-order valence-corrected chi connectivity index (χ3v) is 6.68. The predicted octanol–water partition coefficient (Wildman–Crippen LogP) is 3.23. The van der Waals surface area contributed by atoms with Crippen molar-refractivity contribution in [3.05, 3.63) is 65.2 Å². The summed E-state index contributed by atoms with van der Waals surface area (Å²) in [6.45, 7) is 1.62. The van der Waals surface area contributed by atoms with Crippen LogP contribution in [-0.4, -0.2) is 38.8 Å². The van der Waals surface area contributed by atoms with Crippen LogP contribution in [0.5, 0.6) is 0 Å². The maximum atomic E-state index is 13.7. The van der Waals surface area contributed by atoms with Crippen molar-refractivity contribution in [2.45, 2.75) is 30.8 Å². The maximum Gasteiger partial charge on any atom is 0.243 e. The maximum absolute atomic E-state index is 13.7. The molecule has 0 radical (unpaired) electrons. The van der Waals surface area contributed by atoms with Crippen LogP contribution in [0.4, 0.5) is 8.78 Å². The first-order chi connectivity index (χ1) is 13.9. The molecule has 1 heterocycles. The van der Waals surface area contributed by atoms with Crippen molar-refractivity contribution in [2.24, 2.45) is 4.99 Å². The second-order valence-corrected chi connectivity index (χ2v) is 8.71. The topological polar surface area (TPSA) is 73.8 Å². The Morgan fingerprint density at radius 3 is 2.30 bits per heavy atom. The van der Waals surface area contributed by atoms with Crippen molar-refractivity contribution < 1.29 is 17.2 Å². The zero-order valence-corrected chi connectivity index (χ0v) is 19.7. The lowest BCUT2D eigenvalue weighted by atomic mass is 10.2. The number of halogens is 3. The molecule has 3 rings (SSSR count). The van der Waals surface area contributed by atoms with Crippen LogP contribution in [0, 0.1) is 11.6 Å². The van der Waals surface area contributed by atoms with E-state index in [1.165, 1.54) is 4.31 Å². The molecule has 6 nitrogen and oxygen atoms in total. The molecule has 2 N–H and O–H groups in total. The van der Waals surface area contributed by atoms with Crippen LogP contribution in [0.15, 0.2) is 52.4 Å². The molecular weight excluding hydrogens is 525 g/mol. The Morgan fingerprint density at radius 1 is 1.03 bits per heavy atom. The minimum atomic E-state index is -3.43. The third kappa shape index (κ3) is 6.11. The molecule has 1 fully saturated rings. The van der Waals surface area contributed by atoms with Gasteiger partial charge in [-0.3, -0.25) is 4.99 Å². The Balaban J connectivity index is 0.00000320. The van der Waals surface area contributed by atoms with Crippen molar-refractivity contribution in [2.75, 3.05) is 20.1 Å². The molecule has 164 valence electrons. The van der Waals surface area contributed by atoms with Gasteiger partial charge in [-0.05, 0) is 48.7 Å². The predicted molar refractivity (Wildman–Crippen MR) is 123 cm³/mol. The van der Waals surface area contributed by atoms with E-state index in [1.54, 1.807) is 31.3 Å². The fourth-order valence-corrected chi connectivity index (χ4v) is 4.64. The molecule has 1 aliphatic rings. The first-order valence-corrected chi connectivity index (χ1v) is 10.8. The number of benzene rings is 2. The molecule has 0 aromatic heterocycles. The standard InChI is InChI=1S/C20H24F2N4O2S.HI/c1-23-20(25-14-16-12-17(21)6-9-19(16)22)24-13-15-4-7-18(8-5-15)29(27,28)26-10-2-3-11-26;/h4-9,12H,2-3,10-11,13-14H2,1H3,(H2,23,24,25);1H. The van der Waals surface area contributed by atoms with Crippen molar-refractivity contribution in [1.29, 1.82) is 0 Å². The Labute approximate surface area is 192 Å². The van der Waals surface area contributed by atoms with Gasteiger partial charge in [-0.25, -0.2) is 17.2 Å². The molecule has 1 saturated heterocycles. The van der Waals surface area contributed by atoms with E-state index in [0.29, 0.717) is 25.6 Å². The second-order valence-electron chi connectivity index (χ2n) is 6.77. The SMILES string of the molecule is CN=C(NCc1ccc(S(=O)(=O)N2CCCC2)cc1)NCc1cc(F)ccc1F.I. The summed E-state index contributed by atoms with van der Waals surface area (Å²) in [7, 11) is -1.86. The average molecular weight is 550 g/mol. The van der Waals surface area contributed by atoms with Crippen molar-refractivity contribution in [1.82, 2.24) is 14.9 Å². The number of sulfonamides is 1. The monoisotopic (exact) mass is 550 g/mol. The number of guanidine groups is 1. The summed E-state index contributed by atoms with van der Waals surface area (Å²) in [6, 6.07) is 9.98. The van der Waals surface area contributed by atoms with E-state index in [-0.39, 0.29) is 41.0 Å². The molecule has 0 aliphatic carbocycles. The number of rotatable bonds is 6. The molecule has 2 aromatic carbocycles. The number of nitrogens with one attached hydrogen (secondary N) is 2. The van der Waals surface area contributed by atoms with E-state index in [0.717, 1.165) is 36.6 Å². The van der Waals surface area contributed by atoms with Crippen LogP contribution in [0.2, 0.25) is 0 Å². The first kappa shape index (κ1) is 24.5. The van der Waals surface area contributed by atoms with Gasteiger partial charge in [0, 0.05) is 38.8 Å². The fraction of sp³-hybridized carbons (Fsp3) is 0.350. The van der Waals surface area contributed by atoms with E-state index in [9.17, 15) is 17.2 Å². The summed E-state index contributed by atoms with van der Waals surface area (Å²) in [5, 5.41) is 5.99. The molecular formula is C20H25F2IN4O2S. The van der Waals surface area contributed by atoms with Crippen molar-refractivity contribution in [3.63, 3.8) is 0 Å². The van der Waals surface area contributed by atoms with Gasteiger partial charge in [-0.2, -0.15) is 4.31 Å². The summed E-state index contributed by atoms with van der Waals surface area (Å²) in [5.74, 6) is -0.582. The minimum absolute atomic E-state index is 0. The zero-order chi connectivity index (χ0) is 20.9. The molecule has 0 amide bonds. The lowest BCUT2D eigenvalue weighted by Gasteiger charge is -2.16. The van der Waals surface area contributed by atoms with E-state index in [1.807, 2.05) is 0 Å². The van der Waals surface area contributed by atoms with Gasteiger partial charge in [0.15, 0.2) is 5.96 Å². The Kier molecular flexibility index (Phi) is 8.98. The van der Waals surface area contributed by atoms with Gasteiger partial charge in [0.05, 0.1) is 4.90 Å². The number of hydrogen-bond acceptors (Lipinski definition) is 3. The Bertz CT molecular complexity index is 979. The quantitative estimate of drug-likeness (QED) is 0.329. The highest BCUT2D eigenvalue weighted by Gasteiger charge is 2.26. The molecule has 0 bridgehead atoms. The lowest BCUT2D eigenvalue weighted by molar-refractivity contribution is 0.477. The summed E-state index contributed by atoms with van der Waals surface area (Å²) < 4.78 is 53.6. The van der Waals surface area contributed by atoms with Gasteiger partial charge in [-0.15, -0.1) is 24.0 Å². The summed E-state index contributed by atoms with van der Waals surface area (Å²) in [6.07, 6.45) is 1.79. The number of aliphatic imine (C=N–C) groups is 1. The van der Waals surface area contributed by atoms with Crippen LogP contribution < -0.4 is 10.6 Å². The normalized spacial score (nSPS) is 15.0. The van der Waals surface area contributed by atoms with Crippen LogP contribution in [-0.2, 0) is 23.1 Å². The largest absolute Gasteiger partial charge is 0.352 e. The van der Waals surface area contributed by atoms with Crippen molar-refractivity contribution >= 4 is 40.0 Å². The third-order valence-electron chi connectivity index (χ3n) is 4.76. The Hall–Kier alpha value is -1.79. The van der Waals surface area contributed by atoms with Gasteiger partial charge in [-0.1, -0.05) is 12.1 Å². The van der Waals surface area contributed by atoms with E-state index >= 15 is 0 Å². The number of hydrogen-bond donors (Lipinski definition) is 2. The fourth-order valence-electron chi connectivity index (χ4n) is 3.12. The summed E-state index contributed by atoms with van der Waals surface area (Å²) >= 11 is 0. The van der Waals surface area contributed by atoms with Crippen LogP contribution in [0.1, 0.15) is 24.0 Å². The minimum Gasteiger partial charge on any atom is -0.352 e. The molecule has 0 atom stereocenters. The molecule has 30 heavy (non-hydrogen) atoms. The first-order valence-electron chi connectivity index (χ1n) is 9.37. The molecule has 1 aliphatic heterocycles. The smallest absolute Gasteiger partial charge is 0.243 e. The Morgan fingerprint density at radius 2 is 1.67 bits per heavy atom. The summed E-state index contributed by atoms with van der Waals surface area (Å²) in [4.78, 5) is 4.34. The molecule has 0 unspecified atom stereocenters. The van der Waals surface area contributed by atoms with Crippen LogP contribution >= 0.6 is 24.0 Å². The molecule has 0 spiro atoms. The van der Waals surface area contributed by atoms with Gasteiger partial charge >= 0.3 is 0 Å². The van der Waals surface area contributed by atoms with E-state index in [2.05, 4.69) is 15.6 Å². The number of nitrogens with zero attached hydrogens (tertiary/aromatic N) is 2. The van der Waals surface area contributed by atoms with Gasteiger partial charge in [0.2, 0.25) is 10.0 Å². The van der Waals surface area contributed by atoms with Gasteiger partial charge in [0.1, 0.15) is 11.6 Å². The van der Waals surface area contributed by atoms with Crippen molar-refractivity contribution in [3.8, 4) is 0 Å². The highest BCUT2D eigenvalue weighted by Crippen LogP contribution is 2.21. The van der Waals surface area contributed by atoms with E-state index < -0.39 is 21.7 Å². The van der Waals surface area contributed by atoms with E-state index in [4.69, 9.17) is 0 Å². The molecule has 0 saturated carbocycles. The second kappa shape index (κ2) is 11.0. The van der Waals surface area contributed by atoms with Crippen LogP contribution in [0.25, 0.3) is 0 Å². The highest BCUT2D eigenvalue weighted by atomic mass is 127. The average Bonchev–Trinajstić information content (AvgIpc) is 3.27. The van der Waals surface area contributed by atoms with Gasteiger partial charge < -0.3 is 10.6 Å². The lowest BCUT2D eigenvalue weighted by Crippen LogP contribution is -2.36. The van der Waals surface area contributed by atoms with Gasteiger partial charge in [0.25, 0.3) is 0 Å².